The zero-order valence-electron chi connectivity index (χ0n) is 14.3. The molecular formula is C22H23OP. The van der Waals surface area contributed by atoms with Gasteiger partial charge in [0, 0.05) is 15.9 Å². The maximum atomic E-state index is 14.2. The van der Waals surface area contributed by atoms with Crippen molar-refractivity contribution >= 4 is 23.1 Å². The average molecular weight is 334 g/mol. The molecule has 0 fully saturated rings. The summed E-state index contributed by atoms with van der Waals surface area (Å²) in [7, 11) is -2.84. The van der Waals surface area contributed by atoms with Crippen LogP contribution in [-0.4, -0.2) is 0 Å². The molecule has 2 heteroatoms. The molecule has 0 aromatic heterocycles. The smallest absolute Gasteiger partial charge is 0.171 e. The molecule has 122 valence electrons. The lowest BCUT2D eigenvalue weighted by atomic mass is 10.2. The van der Waals surface area contributed by atoms with Gasteiger partial charge in [-0.1, -0.05) is 92.7 Å². The summed E-state index contributed by atoms with van der Waals surface area (Å²) in [6.07, 6.45) is 1.97. The van der Waals surface area contributed by atoms with Crippen LogP contribution in [0.2, 0.25) is 0 Å². The molecule has 0 spiro atoms. The Labute approximate surface area is 144 Å². The third-order valence-corrected chi connectivity index (χ3v) is 7.61. The third kappa shape index (κ3) is 3.09. The third-order valence-electron chi connectivity index (χ3n) is 4.54. The summed E-state index contributed by atoms with van der Waals surface area (Å²) in [6, 6.07) is 26.3. The van der Waals surface area contributed by atoms with Crippen LogP contribution in [0.15, 0.2) is 78.9 Å². The molecule has 3 rings (SSSR count). The van der Waals surface area contributed by atoms with E-state index in [1.54, 1.807) is 0 Å². The number of benzene rings is 3. The Kier molecular flexibility index (Phi) is 5.02. The van der Waals surface area contributed by atoms with Crippen LogP contribution < -0.4 is 15.9 Å². The van der Waals surface area contributed by atoms with Crippen molar-refractivity contribution in [2.75, 3.05) is 0 Å². The molecule has 0 saturated carbocycles. The monoisotopic (exact) mass is 334 g/mol. The standard InChI is InChI=1S/C22H23OP/c1-3-18-10-14-21(15-11-18)24(23,20-8-6-5-7-9-20)22-16-12-19(4-2)13-17-22/h5-17H,3-4H2,1-2H3. The second kappa shape index (κ2) is 7.20. The summed E-state index contributed by atoms with van der Waals surface area (Å²) < 4.78 is 14.2. The van der Waals surface area contributed by atoms with Crippen molar-refractivity contribution in [3.63, 3.8) is 0 Å². The van der Waals surface area contributed by atoms with Gasteiger partial charge >= 0.3 is 0 Å². The molecule has 0 bridgehead atoms. The molecule has 0 aliphatic heterocycles. The van der Waals surface area contributed by atoms with Gasteiger partial charge in [-0.15, -0.1) is 0 Å². The predicted octanol–water partition coefficient (Wildman–Crippen LogP) is 4.45. The van der Waals surface area contributed by atoms with E-state index in [2.05, 4.69) is 38.1 Å². The van der Waals surface area contributed by atoms with Gasteiger partial charge in [-0.3, -0.25) is 0 Å². The summed E-state index contributed by atoms with van der Waals surface area (Å²) >= 11 is 0. The van der Waals surface area contributed by atoms with Crippen LogP contribution >= 0.6 is 7.14 Å². The molecule has 0 saturated heterocycles. The molecule has 24 heavy (non-hydrogen) atoms. The molecule has 0 radical (unpaired) electrons. The molecule has 0 N–H and O–H groups in total. The van der Waals surface area contributed by atoms with E-state index in [1.165, 1.54) is 11.1 Å². The van der Waals surface area contributed by atoms with E-state index in [-0.39, 0.29) is 0 Å². The fraction of sp³-hybridized carbons (Fsp3) is 0.182. The predicted molar refractivity (Wildman–Crippen MR) is 105 cm³/mol. The SMILES string of the molecule is CCc1ccc(P(=O)(c2ccccc2)c2ccc(CC)cc2)cc1. The Morgan fingerprint density at radius 1 is 0.583 bits per heavy atom. The largest absolute Gasteiger partial charge is 0.309 e. The van der Waals surface area contributed by atoms with Crippen LogP contribution in [-0.2, 0) is 17.4 Å². The van der Waals surface area contributed by atoms with Gasteiger partial charge in [-0.2, -0.15) is 0 Å². The first-order chi connectivity index (χ1) is 11.7. The highest BCUT2D eigenvalue weighted by molar-refractivity contribution is 7.85. The second-order valence-electron chi connectivity index (χ2n) is 5.98. The zero-order valence-corrected chi connectivity index (χ0v) is 15.2. The molecule has 3 aromatic rings. The van der Waals surface area contributed by atoms with Crippen LogP contribution in [0.3, 0.4) is 0 Å². The van der Waals surface area contributed by atoms with Crippen LogP contribution in [0.25, 0.3) is 0 Å². The van der Waals surface area contributed by atoms with Crippen molar-refractivity contribution < 1.29 is 4.57 Å². The first kappa shape index (κ1) is 16.7. The summed E-state index contributed by atoms with van der Waals surface area (Å²) in [4.78, 5) is 0. The molecule has 0 amide bonds. The number of hydrogen-bond donors (Lipinski definition) is 0. The summed E-state index contributed by atoms with van der Waals surface area (Å²) in [5.74, 6) is 0. The maximum absolute atomic E-state index is 14.2. The number of rotatable bonds is 5. The van der Waals surface area contributed by atoms with E-state index in [9.17, 15) is 4.57 Å². The average Bonchev–Trinajstić information content (AvgIpc) is 2.68. The van der Waals surface area contributed by atoms with Crippen LogP contribution in [0.4, 0.5) is 0 Å². The Morgan fingerprint density at radius 2 is 0.958 bits per heavy atom. The van der Waals surface area contributed by atoms with Gasteiger partial charge in [-0.05, 0) is 24.0 Å². The van der Waals surface area contributed by atoms with Crippen molar-refractivity contribution in [3.05, 3.63) is 90.0 Å². The highest BCUT2D eigenvalue weighted by Gasteiger charge is 2.29. The fourth-order valence-electron chi connectivity index (χ4n) is 2.97. The summed E-state index contributed by atoms with van der Waals surface area (Å²) in [5, 5.41) is 2.68. The van der Waals surface area contributed by atoms with Crippen molar-refractivity contribution in [1.29, 1.82) is 0 Å². The van der Waals surface area contributed by atoms with Gasteiger partial charge in [-0.25, -0.2) is 0 Å². The fourth-order valence-corrected chi connectivity index (χ4v) is 5.59. The van der Waals surface area contributed by atoms with Gasteiger partial charge in [0.05, 0.1) is 0 Å². The lowest BCUT2D eigenvalue weighted by Gasteiger charge is -2.20. The minimum absolute atomic E-state index is 0.887. The minimum Gasteiger partial charge on any atom is -0.309 e. The van der Waals surface area contributed by atoms with Gasteiger partial charge in [0.25, 0.3) is 0 Å². The Morgan fingerprint density at radius 3 is 1.33 bits per heavy atom. The van der Waals surface area contributed by atoms with Crippen molar-refractivity contribution in [2.45, 2.75) is 26.7 Å². The van der Waals surface area contributed by atoms with Crippen LogP contribution in [0.5, 0.6) is 0 Å². The van der Waals surface area contributed by atoms with Crippen LogP contribution in [0, 0.1) is 0 Å². The van der Waals surface area contributed by atoms with E-state index in [1.807, 2.05) is 54.6 Å². The minimum atomic E-state index is -2.84. The number of aryl methyl sites for hydroxylation is 2. The van der Waals surface area contributed by atoms with E-state index in [4.69, 9.17) is 0 Å². The van der Waals surface area contributed by atoms with E-state index < -0.39 is 7.14 Å². The van der Waals surface area contributed by atoms with Crippen molar-refractivity contribution in [3.8, 4) is 0 Å². The zero-order chi connectivity index (χ0) is 17.0. The maximum Gasteiger partial charge on any atom is 0.171 e. The van der Waals surface area contributed by atoms with Gasteiger partial charge < -0.3 is 4.57 Å². The van der Waals surface area contributed by atoms with E-state index in [0.29, 0.717) is 0 Å². The molecule has 0 heterocycles. The molecule has 0 unspecified atom stereocenters. The highest BCUT2D eigenvalue weighted by atomic mass is 31.2. The summed E-state index contributed by atoms with van der Waals surface area (Å²) in [5.41, 5.74) is 2.53. The number of hydrogen-bond acceptors (Lipinski definition) is 1. The Hall–Kier alpha value is -2.11. The van der Waals surface area contributed by atoms with E-state index in [0.717, 1.165) is 28.8 Å². The van der Waals surface area contributed by atoms with Crippen LogP contribution in [0.1, 0.15) is 25.0 Å². The molecule has 0 aliphatic carbocycles. The Balaban J connectivity index is 2.18. The lowest BCUT2D eigenvalue weighted by molar-refractivity contribution is 0.592. The molecular weight excluding hydrogens is 311 g/mol. The molecule has 1 nitrogen and oxygen atoms in total. The first-order valence-electron chi connectivity index (χ1n) is 8.53. The summed E-state index contributed by atoms with van der Waals surface area (Å²) in [6.45, 7) is 4.27. The van der Waals surface area contributed by atoms with Crippen molar-refractivity contribution in [2.24, 2.45) is 0 Å². The van der Waals surface area contributed by atoms with Gasteiger partial charge in [0.1, 0.15) is 0 Å². The highest BCUT2D eigenvalue weighted by Crippen LogP contribution is 2.42. The molecule has 0 aliphatic rings. The molecule has 3 aromatic carbocycles. The topological polar surface area (TPSA) is 17.1 Å². The van der Waals surface area contributed by atoms with Gasteiger partial charge in [0.15, 0.2) is 7.14 Å². The lowest BCUT2D eigenvalue weighted by Crippen LogP contribution is -2.25. The second-order valence-corrected chi connectivity index (χ2v) is 8.75. The Bertz CT molecular complexity index is 782. The normalized spacial score (nSPS) is 11.4. The van der Waals surface area contributed by atoms with E-state index >= 15 is 0 Å². The molecule has 0 atom stereocenters. The van der Waals surface area contributed by atoms with Gasteiger partial charge in [0.2, 0.25) is 0 Å². The quantitative estimate of drug-likeness (QED) is 0.630. The van der Waals surface area contributed by atoms with Crippen molar-refractivity contribution in [1.82, 2.24) is 0 Å². The first-order valence-corrected chi connectivity index (χ1v) is 10.2.